The quantitative estimate of drug-likeness (QED) is 0.414. The molecule has 0 aliphatic carbocycles. The number of aliphatic hydroxyl groups excluding tert-OH is 2. The summed E-state index contributed by atoms with van der Waals surface area (Å²) >= 11 is 1.48. The molecule has 0 radical (unpaired) electrons. The maximum Gasteiger partial charge on any atom is 0.469 e. The summed E-state index contributed by atoms with van der Waals surface area (Å²) in [6.07, 6.45) is -2.00. The first-order chi connectivity index (χ1) is 12.2. The van der Waals surface area contributed by atoms with Gasteiger partial charge in [-0.3, -0.25) is 13.9 Å². The lowest BCUT2D eigenvalue weighted by Crippen LogP contribution is -2.35. The van der Waals surface area contributed by atoms with E-state index in [2.05, 4.69) is 4.52 Å². The molecule has 9 nitrogen and oxygen atoms in total. The van der Waals surface area contributed by atoms with E-state index in [1.807, 2.05) is 18.4 Å². The summed E-state index contributed by atoms with van der Waals surface area (Å²) < 4.78 is 21.7. The number of ether oxygens (including phenoxy) is 1. The van der Waals surface area contributed by atoms with Crippen molar-refractivity contribution < 1.29 is 33.8 Å². The number of fused-ring (bicyclic) bond motifs is 1. The van der Waals surface area contributed by atoms with E-state index in [0.717, 1.165) is 14.8 Å². The molecular weight excluding hydrogens is 385 g/mol. The van der Waals surface area contributed by atoms with E-state index in [-0.39, 0.29) is 0 Å². The van der Waals surface area contributed by atoms with Crippen molar-refractivity contribution in [2.24, 2.45) is 0 Å². The van der Waals surface area contributed by atoms with Crippen molar-refractivity contribution >= 4 is 30.4 Å². The van der Waals surface area contributed by atoms with E-state index in [1.54, 1.807) is 12.1 Å². The number of phosphoric acid groups is 1. The van der Waals surface area contributed by atoms with Gasteiger partial charge in [-0.15, -0.1) is 11.8 Å². The van der Waals surface area contributed by atoms with Crippen LogP contribution in [0.3, 0.4) is 0 Å². The predicted molar refractivity (Wildman–Crippen MR) is 93.9 cm³/mol. The van der Waals surface area contributed by atoms with Crippen molar-refractivity contribution in [1.29, 1.82) is 0 Å². The Morgan fingerprint density at radius 2 is 2.00 bits per heavy atom. The summed E-state index contributed by atoms with van der Waals surface area (Å²) in [5.74, 6) is 0. The highest BCUT2D eigenvalue weighted by molar-refractivity contribution is 7.98. The van der Waals surface area contributed by atoms with Gasteiger partial charge in [0.15, 0.2) is 6.23 Å². The van der Waals surface area contributed by atoms with E-state index in [1.165, 1.54) is 18.0 Å². The summed E-state index contributed by atoms with van der Waals surface area (Å²) in [6.45, 7) is -0.627. The molecule has 1 saturated heterocycles. The van der Waals surface area contributed by atoms with Gasteiger partial charge in [0, 0.05) is 16.5 Å². The summed E-state index contributed by atoms with van der Waals surface area (Å²) in [7, 11) is -4.75. The summed E-state index contributed by atoms with van der Waals surface area (Å²) in [6, 6.07) is 7.11. The average molecular weight is 403 g/mol. The normalized spacial score (nSPS) is 26.5. The third kappa shape index (κ3) is 3.88. The number of aromatic nitrogens is 1. The minimum Gasteiger partial charge on any atom is -0.387 e. The fourth-order valence-electron chi connectivity index (χ4n) is 2.83. The van der Waals surface area contributed by atoms with Crippen LogP contribution in [0.5, 0.6) is 0 Å². The molecule has 4 atom stereocenters. The van der Waals surface area contributed by atoms with E-state index in [9.17, 15) is 19.6 Å². The average Bonchev–Trinajstić information content (AvgIpc) is 2.88. The van der Waals surface area contributed by atoms with Crippen LogP contribution in [0.25, 0.3) is 10.8 Å². The first-order valence-electron chi connectivity index (χ1n) is 7.62. The Balaban J connectivity index is 1.92. The second kappa shape index (κ2) is 7.41. The Kier molecular flexibility index (Phi) is 5.57. The van der Waals surface area contributed by atoms with Gasteiger partial charge >= 0.3 is 7.82 Å². The number of phosphoric ester groups is 1. The van der Waals surface area contributed by atoms with Crippen molar-refractivity contribution in [3.05, 3.63) is 40.8 Å². The molecule has 3 rings (SSSR count). The molecule has 1 aliphatic heterocycles. The molecule has 11 heteroatoms. The third-order valence-electron chi connectivity index (χ3n) is 4.16. The van der Waals surface area contributed by atoms with E-state index < -0.39 is 44.5 Å². The second-order valence-corrected chi connectivity index (χ2v) is 7.93. The second-order valence-electron chi connectivity index (χ2n) is 5.81. The highest BCUT2D eigenvalue weighted by Crippen LogP contribution is 2.38. The van der Waals surface area contributed by atoms with Crippen LogP contribution < -0.4 is 5.56 Å². The molecule has 0 unspecified atom stereocenters. The maximum atomic E-state index is 12.8. The van der Waals surface area contributed by atoms with Crippen molar-refractivity contribution in [1.82, 2.24) is 4.57 Å². The van der Waals surface area contributed by atoms with Crippen LogP contribution in [0.15, 0.2) is 40.2 Å². The molecule has 1 aromatic heterocycles. The summed E-state index contributed by atoms with van der Waals surface area (Å²) in [5.41, 5.74) is -0.411. The molecule has 1 aromatic carbocycles. The fourth-order valence-corrected chi connectivity index (χ4v) is 3.61. The van der Waals surface area contributed by atoms with Gasteiger partial charge in [0.05, 0.1) is 6.61 Å². The largest absolute Gasteiger partial charge is 0.469 e. The number of nitrogens with zero attached hydrogens (tertiary/aromatic N) is 1. The molecule has 0 bridgehead atoms. The zero-order valence-electron chi connectivity index (χ0n) is 13.6. The zero-order valence-corrected chi connectivity index (χ0v) is 15.3. The number of benzene rings is 1. The van der Waals surface area contributed by atoms with Gasteiger partial charge in [-0.1, -0.05) is 6.07 Å². The molecule has 142 valence electrons. The number of hydrogen-bond acceptors (Lipinski definition) is 7. The van der Waals surface area contributed by atoms with Gasteiger partial charge in [0.2, 0.25) is 0 Å². The monoisotopic (exact) mass is 403 g/mol. The highest BCUT2D eigenvalue weighted by atomic mass is 32.2. The Morgan fingerprint density at radius 1 is 1.27 bits per heavy atom. The number of hydrogen-bond donors (Lipinski definition) is 4. The molecule has 2 aromatic rings. The summed E-state index contributed by atoms with van der Waals surface area (Å²) in [4.78, 5) is 31.2. The molecule has 1 fully saturated rings. The molecule has 1 aliphatic rings. The van der Waals surface area contributed by atoms with Crippen molar-refractivity contribution in [3.8, 4) is 0 Å². The molecule has 2 heterocycles. The number of aliphatic hydroxyl groups is 2. The fraction of sp³-hybridized carbons (Fsp3) is 0.400. The Labute approximate surface area is 152 Å². The van der Waals surface area contributed by atoms with Crippen LogP contribution in [0, 0.1) is 0 Å². The van der Waals surface area contributed by atoms with Gasteiger partial charge in [-0.05, 0) is 29.8 Å². The minimum absolute atomic E-state index is 0.411. The standard InChI is InChI=1S/C15H18NO8PS/c1-26-9-3-2-8-4-5-16(14(19)10(8)6-9)15-13(18)12(17)11(24-15)7-23-25(20,21)22/h2-6,11-13,15,17-18H,7H2,1H3,(H2,20,21,22)/t11-,12+,13-,15-/m1/s1. The van der Waals surface area contributed by atoms with Crippen LogP contribution in [-0.4, -0.2) is 55.7 Å². The topological polar surface area (TPSA) is 138 Å². The third-order valence-corrected chi connectivity index (χ3v) is 5.37. The highest BCUT2D eigenvalue weighted by Gasteiger charge is 2.44. The van der Waals surface area contributed by atoms with Crippen LogP contribution in [0.4, 0.5) is 0 Å². The van der Waals surface area contributed by atoms with Gasteiger partial charge in [-0.2, -0.15) is 0 Å². The number of pyridine rings is 1. The summed E-state index contributed by atoms with van der Waals surface area (Å²) in [5, 5.41) is 21.4. The molecule has 0 spiro atoms. The zero-order chi connectivity index (χ0) is 19.1. The van der Waals surface area contributed by atoms with Crippen molar-refractivity contribution in [2.75, 3.05) is 12.9 Å². The molecule has 26 heavy (non-hydrogen) atoms. The molecule has 4 N–H and O–H groups in total. The van der Waals surface area contributed by atoms with Crippen LogP contribution >= 0.6 is 19.6 Å². The minimum atomic E-state index is -4.75. The van der Waals surface area contributed by atoms with Crippen molar-refractivity contribution in [3.63, 3.8) is 0 Å². The Bertz CT molecular complexity index is 912. The van der Waals surface area contributed by atoms with Crippen molar-refractivity contribution in [2.45, 2.75) is 29.4 Å². The number of thioether (sulfide) groups is 1. The van der Waals surface area contributed by atoms with Gasteiger partial charge in [0.25, 0.3) is 5.56 Å². The molecule has 0 amide bonds. The smallest absolute Gasteiger partial charge is 0.387 e. The van der Waals surface area contributed by atoms with Crippen LogP contribution in [-0.2, 0) is 13.8 Å². The van der Waals surface area contributed by atoms with Gasteiger partial charge in [-0.25, -0.2) is 4.57 Å². The van der Waals surface area contributed by atoms with Gasteiger partial charge < -0.3 is 24.7 Å². The lowest BCUT2D eigenvalue weighted by atomic mass is 10.1. The molecule has 0 saturated carbocycles. The predicted octanol–water partition coefficient (Wildman–Crippen LogP) is 0.452. The maximum absolute atomic E-state index is 12.8. The van der Waals surface area contributed by atoms with Crippen LogP contribution in [0.1, 0.15) is 6.23 Å². The SMILES string of the molecule is CSc1ccc2ccn([C@@H]3O[C@H](COP(=O)(O)O)[C@H](O)[C@H]3O)c(=O)c2c1. The first kappa shape index (κ1) is 19.5. The van der Waals surface area contributed by atoms with E-state index in [4.69, 9.17) is 14.5 Å². The Hall–Kier alpha value is -1.23. The van der Waals surface area contributed by atoms with Gasteiger partial charge in [0.1, 0.15) is 18.3 Å². The number of rotatable bonds is 5. The lowest BCUT2D eigenvalue weighted by Gasteiger charge is -2.18. The lowest BCUT2D eigenvalue weighted by molar-refractivity contribution is -0.0534. The van der Waals surface area contributed by atoms with E-state index in [0.29, 0.717) is 5.39 Å². The van der Waals surface area contributed by atoms with E-state index >= 15 is 0 Å². The molecular formula is C15H18NO8PS. The Morgan fingerprint density at radius 3 is 2.65 bits per heavy atom. The van der Waals surface area contributed by atoms with Crippen LogP contribution in [0.2, 0.25) is 0 Å². The first-order valence-corrected chi connectivity index (χ1v) is 10.4.